The summed E-state index contributed by atoms with van der Waals surface area (Å²) in [6, 6.07) is 7.70. The summed E-state index contributed by atoms with van der Waals surface area (Å²) in [5.74, 6) is 0.805. The third-order valence-electron chi connectivity index (χ3n) is 3.76. The molecule has 1 aromatic carbocycles. The summed E-state index contributed by atoms with van der Waals surface area (Å²) in [5.41, 5.74) is 7.14. The Bertz CT molecular complexity index is 623. The first-order chi connectivity index (χ1) is 11.3. The third kappa shape index (κ3) is 4.89. The fourth-order valence-corrected chi connectivity index (χ4v) is 2.48. The summed E-state index contributed by atoms with van der Waals surface area (Å²) in [7, 11) is 0. The molecule has 0 aliphatic carbocycles. The van der Waals surface area contributed by atoms with Crippen molar-refractivity contribution < 1.29 is 4.79 Å². The summed E-state index contributed by atoms with van der Waals surface area (Å²) in [5, 5.41) is 11.1. The number of nitrogens with two attached hydrogens (primary N) is 1. The Kier molecular flexibility index (Phi) is 6.75. The van der Waals surface area contributed by atoms with E-state index < -0.39 is 0 Å². The molecule has 23 heavy (non-hydrogen) atoms. The van der Waals surface area contributed by atoms with E-state index in [9.17, 15) is 4.79 Å². The van der Waals surface area contributed by atoms with Gasteiger partial charge in [-0.05, 0) is 38.4 Å². The van der Waals surface area contributed by atoms with E-state index in [2.05, 4.69) is 15.5 Å². The van der Waals surface area contributed by atoms with E-state index in [1.54, 1.807) is 6.33 Å². The molecule has 0 atom stereocenters. The number of carbonyl (C=O) groups excluding carboxylic acids is 1. The van der Waals surface area contributed by atoms with Crippen molar-refractivity contribution in [3.63, 3.8) is 0 Å². The van der Waals surface area contributed by atoms with Gasteiger partial charge in [0.25, 0.3) is 0 Å². The van der Waals surface area contributed by atoms with Gasteiger partial charge in [-0.25, -0.2) is 0 Å². The first kappa shape index (κ1) is 17.1. The Balaban J connectivity index is 1.99. The minimum absolute atomic E-state index is 0.0350. The molecule has 124 valence electrons. The lowest BCUT2D eigenvalue weighted by Crippen LogP contribution is -2.12. The zero-order chi connectivity index (χ0) is 16.5. The van der Waals surface area contributed by atoms with E-state index in [4.69, 9.17) is 5.73 Å². The first-order valence-corrected chi connectivity index (χ1v) is 8.23. The second kappa shape index (κ2) is 9.05. The fraction of sp³-hybridized carbons (Fsp3) is 0.471. The van der Waals surface area contributed by atoms with Gasteiger partial charge in [0.05, 0.1) is 5.69 Å². The molecule has 0 unspecified atom stereocenters. The molecule has 0 fully saturated rings. The lowest BCUT2D eigenvalue weighted by atomic mass is 10.1. The van der Waals surface area contributed by atoms with Gasteiger partial charge in [0.2, 0.25) is 5.91 Å². The highest BCUT2D eigenvalue weighted by atomic mass is 16.1. The predicted octanol–water partition coefficient (Wildman–Crippen LogP) is 2.81. The highest BCUT2D eigenvalue weighted by Crippen LogP contribution is 2.26. The van der Waals surface area contributed by atoms with Gasteiger partial charge in [-0.1, -0.05) is 25.0 Å². The molecule has 0 saturated heterocycles. The Morgan fingerprint density at radius 3 is 2.78 bits per heavy atom. The summed E-state index contributed by atoms with van der Waals surface area (Å²) in [4.78, 5) is 12.1. The van der Waals surface area contributed by atoms with Gasteiger partial charge in [0.15, 0.2) is 5.82 Å². The number of aryl methyl sites for hydroxylation is 1. The minimum Gasteiger partial charge on any atom is -0.330 e. The summed E-state index contributed by atoms with van der Waals surface area (Å²) < 4.78 is 1.96. The zero-order valence-electron chi connectivity index (χ0n) is 13.7. The van der Waals surface area contributed by atoms with E-state index >= 15 is 0 Å². The van der Waals surface area contributed by atoms with Crippen LogP contribution in [0, 0.1) is 0 Å². The van der Waals surface area contributed by atoms with Gasteiger partial charge in [0.1, 0.15) is 6.33 Å². The van der Waals surface area contributed by atoms with Gasteiger partial charge in [-0.3, -0.25) is 4.79 Å². The van der Waals surface area contributed by atoms with Crippen LogP contribution in [0.5, 0.6) is 0 Å². The van der Waals surface area contributed by atoms with Crippen LogP contribution in [0.2, 0.25) is 0 Å². The summed E-state index contributed by atoms with van der Waals surface area (Å²) >= 11 is 0. The molecule has 0 spiro atoms. The fourth-order valence-electron chi connectivity index (χ4n) is 2.48. The number of benzene rings is 1. The van der Waals surface area contributed by atoms with Crippen molar-refractivity contribution in [3.8, 4) is 11.4 Å². The van der Waals surface area contributed by atoms with Gasteiger partial charge >= 0.3 is 0 Å². The van der Waals surface area contributed by atoms with Crippen LogP contribution in [0.15, 0.2) is 30.6 Å². The van der Waals surface area contributed by atoms with Crippen molar-refractivity contribution in [2.24, 2.45) is 5.73 Å². The number of hydrogen-bond acceptors (Lipinski definition) is 4. The average Bonchev–Trinajstić information content (AvgIpc) is 3.03. The molecule has 0 aliphatic rings. The van der Waals surface area contributed by atoms with Crippen molar-refractivity contribution in [2.75, 3.05) is 11.9 Å². The SMILES string of the molecule is CCn1cnnc1-c1ccccc1NC(=O)CCCCCCN. The van der Waals surface area contributed by atoms with E-state index in [-0.39, 0.29) is 5.91 Å². The van der Waals surface area contributed by atoms with Crippen LogP contribution in [-0.2, 0) is 11.3 Å². The number of anilines is 1. The van der Waals surface area contributed by atoms with Crippen molar-refractivity contribution >= 4 is 11.6 Å². The molecule has 6 nitrogen and oxygen atoms in total. The number of nitrogens with zero attached hydrogens (tertiary/aromatic N) is 3. The van der Waals surface area contributed by atoms with Crippen LogP contribution >= 0.6 is 0 Å². The highest BCUT2D eigenvalue weighted by molar-refractivity contribution is 5.94. The molecule has 0 saturated carbocycles. The number of aromatic nitrogens is 3. The number of rotatable bonds is 9. The van der Waals surface area contributed by atoms with Gasteiger partial charge in [0, 0.05) is 18.5 Å². The monoisotopic (exact) mass is 315 g/mol. The second-order valence-corrected chi connectivity index (χ2v) is 5.49. The van der Waals surface area contributed by atoms with Crippen LogP contribution in [0.4, 0.5) is 5.69 Å². The van der Waals surface area contributed by atoms with Crippen LogP contribution in [0.25, 0.3) is 11.4 Å². The highest BCUT2D eigenvalue weighted by Gasteiger charge is 2.12. The summed E-state index contributed by atoms with van der Waals surface area (Å²) in [6.07, 6.45) is 6.26. The average molecular weight is 315 g/mol. The first-order valence-electron chi connectivity index (χ1n) is 8.23. The molecule has 1 amide bonds. The third-order valence-corrected chi connectivity index (χ3v) is 3.76. The molecule has 0 aliphatic heterocycles. The molecule has 6 heteroatoms. The number of amides is 1. The van der Waals surface area contributed by atoms with E-state index in [1.165, 1.54) is 0 Å². The van der Waals surface area contributed by atoms with Crippen LogP contribution in [0.3, 0.4) is 0 Å². The molecule has 1 aromatic heterocycles. The minimum atomic E-state index is 0.0350. The van der Waals surface area contributed by atoms with E-state index in [1.807, 2.05) is 35.8 Å². The number of hydrogen-bond donors (Lipinski definition) is 2. The van der Waals surface area contributed by atoms with Crippen LogP contribution in [0.1, 0.15) is 39.0 Å². The number of nitrogens with one attached hydrogen (secondary N) is 1. The lowest BCUT2D eigenvalue weighted by Gasteiger charge is -2.11. The maximum Gasteiger partial charge on any atom is 0.224 e. The Hall–Kier alpha value is -2.21. The molecular weight excluding hydrogens is 290 g/mol. The van der Waals surface area contributed by atoms with Crippen molar-refractivity contribution in [2.45, 2.75) is 45.6 Å². The van der Waals surface area contributed by atoms with Crippen molar-refractivity contribution in [1.82, 2.24) is 14.8 Å². The number of unbranched alkanes of at least 4 members (excludes halogenated alkanes) is 3. The second-order valence-electron chi connectivity index (χ2n) is 5.49. The quantitative estimate of drug-likeness (QED) is 0.697. The predicted molar refractivity (Wildman–Crippen MR) is 91.9 cm³/mol. The largest absolute Gasteiger partial charge is 0.330 e. The topological polar surface area (TPSA) is 85.8 Å². The number of para-hydroxylation sites is 1. The summed E-state index contributed by atoms with van der Waals surface area (Å²) in [6.45, 7) is 3.54. The zero-order valence-corrected chi connectivity index (χ0v) is 13.7. The van der Waals surface area contributed by atoms with Crippen molar-refractivity contribution in [3.05, 3.63) is 30.6 Å². The van der Waals surface area contributed by atoms with E-state index in [0.29, 0.717) is 6.42 Å². The van der Waals surface area contributed by atoms with Gasteiger partial charge in [-0.15, -0.1) is 10.2 Å². The smallest absolute Gasteiger partial charge is 0.224 e. The molecule has 2 rings (SSSR count). The van der Waals surface area contributed by atoms with Gasteiger partial charge in [-0.2, -0.15) is 0 Å². The normalized spacial score (nSPS) is 10.7. The van der Waals surface area contributed by atoms with Gasteiger partial charge < -0.3 is 15.6 Å². The molecule has 0 radical (unpaired) electrons. The van der Waals surface area contributed by atoms with Crippen LogP contribution < -0.4 is 11.1 Å². The molecule has 0 bridgehead atoms. The Labute approximate surface area is 137 Å². The van der Waals surface area contributed by atoms with Crippen molar-refractivity contribution in [1.29, 1.82) is 0 Å². The molecule has 3 N–H and O–H groups in total. The molecular formula is C17H25N5O. The molecule has 1 heterocycles. The molecule has 2 aromatic rings. The Morgan fingerprint density at radius 2 is 2.00 bits per heavy atom. The Morgan fingerprint density at radius 1 is 1.22 bits per heavy atom. The standard InChI is InChI=1S/C17H25N5O/c1-2-22-13-19-21-17(22)14-9-6-7-10-15(14)20-16(23)11-5-3-4-8-12-18/h6-7,9-10,13H,2-5,8,11-12,18H2,1H3,(H,20,23). The maximum absolute atomic E-state index is 12.1. The maximum atomic E-state index is 12.1. The van der Waals surface area contributed by atoms with Crippen LogP contribution in [-0.4, -0.2) is 27.2 Å². The van der Waals surface area contributed by atoms with E-state index in [0.717, 1.165) is 55.8 Å². The lowest BCUT2D eigenvalue weighted by molar-refractivity contribution is -0.116. The number of carbonyl (C=O) groups is 1.